The second kappa shape index (κ2) is 3.27. The zero-order valence-corrected chi connectivity index (χ0v) is 7.83. The number of hydrogen-bond donors (Lipinski definition) is 0. The molecule has 0 N–H and O–H groups in total. The van der Waals surface area contributed by atoms with Crippen molar-refractivity contribution >= 4 is 5.91 Å². The van der Waals surface area contributed by atoms with Gasteiger partial charge in [-0.25, -0.2) is 0 Å². The van der Waals surface area contributed by atoms with E-state index >= 15 is 0 Å². The van der Waals surface area contributed by atoms with Crippen molar-refractivity contribution < 1.29 is 9.53 Å². The molecule has 0 radical (unpaired) electrons. The van der Waals surface area contributed by atoms with Crippen LogP contribution in [0, 0.1) is 0 Å². The standard InChI is InChI=1S/C9H15NO2/c1-9(2,12-3)8(11)10-6-4-5-7-10/h4-5H,6-7H2,1-3H3. The van der Waals surface area contributed by atoms with E-state index in [0.29, 0.717) is 13.1 Å². The van der Waals surface area contributed by atoms with Gasteiger partial charge in [-0.05, 0) is 13.8 Å². The highest BCUT2D eigenvalue weighted by molar-refractivity contribution is 5.85. The summed E-state index contributed by atoms with van der Waals surface area (Å²) in [5, 5.41) is 0. The zero-order valence-electron chi connectivity index (χ0n) is 7.83. The SMILES string of the molecule is COC(C)(C)C(=O)N1CC=CC1. The third kappa shape index (κ3) is 1.67. The first-order valence-corrected chi connectivity index (χ1v) is 4.07. The van der Waals surface area contributed by atoms with Crippen LogP contribution in [0.2, 0.25) is 0 Å². The quantitative estimate of drug-likeness (QED) is 0.572. The minimum absolute atomic E-state index is 0.0509. The Morgan fingerprint density at radius 3 is 2.33 bits per heavy atom. The van der Waals surface area contributed by atoms with Crippen molar-refractivity contribution in [3.63, 3.8) is 0 Å². The van der Waals surface area contributed by atoms with Gasteiger partial charge in [0.15, 0.2) is 0 Å². The molecule has 1 amide bonds. The van der Waals surface area contributed by atoms with Gasteiger partial charge in [-0.15, -0.1) is 0 Å². The van der Waals surface area contributed by atoms with Crippen molar-refractivity contribution in [2.75, 3.05) is 20.2 Å². The van der Waals surface area contributed by atoms with Gasteiger partial charge >= 0.3 is 0 Å². The van der Waals surface area contributed by atoms with E-state index in [1.807, 2.05) is 12.2 Å². The van der Waals surface area contributed by atoms with Crippen LogP contribution in [-0.4, -0.2) is 36.6 Å². The predicted octanol–water partition coefficient (Wildman–Crippen LogP) is 0.810. The van der Waals surface area contributed by atoms with Crippen LogP contribution in [0.3, 0.4) is 0 Å². The van der Waals surface area contributed by atoms with Gasteiger partial charge < -0.3 is 9.64 Å². The molecule has 1 rings (SSSR count). The van der Waals surface area contributed by atoms with Crippen LogP contribution in [0.1, 0.15) is 13.8 Å². The fourth-order valence-corrected chi connectivity index (χ4v) is 1.11. The van der Waals surface area contributed by atoms with E-state index in [9.17, 15) is 4.79 Å². The van der Waals surface area contributed by atoms with Crippen molar-refractivity contribution in [3.05, 3.63) is 12.2 Å². The Morgan fingerprint density at radius 1 is 1.42 bits per heavy atom. The average Bonchev–Trinajstić information content (AvgIpc) is 2.55. The molecule has 0 saturated heterocycles. The predicted molar refractivity (Wildman–Crippen MR) is 46.8 cm³/mol. The number of amides is 1. The lowest BCUT2D eigenvalue weighted by Gasteiger charge is -2.27. The highest BCUT2D eigenvalue weighted by Crippen LogP contribution is 2.13. The number of ether oxygens (including phenoxy) is 1. The molecule has 0 aromatic carbocycles. The number of nitrogens with zero attached hydrogens (tertiary/aromatic N) is 1. The van der Waals surface area contributed by atoms with Crippen LogP contribution in [0.5, 0.6) is 0 Å². The molecule has 3 nitrogen and oxygen atoms in total. The molecule has 0 bridgehead atoms. The Morgan fingerprint density at radius 2 is 1.92 bits per heavy atom. The van der Waals surface area contributed by atoms with Crippen LogP contribution < -0.4 is 0 Å². The lowest BCUT2D eigenvalue weighted by molar-refractivity contribution is -0.149. The molecule has 0 fully saturated rings. The number of carbonyl (C=O) groups is 1. The van der Waals surface area contributed by atoms with Crippen LogP contribution in [0.4, 0.5) is 0 Å². The molecule has 0 unspecified atom stereocenters. The second-order valence-corrected chi connectivity index (χ2v) is 3.40. The Balaban J connectivity index is 2.58. The van der Waals surface area contributed by atoms with Gasteiger partial charge in [0.2, 0.25) is 0 Å². The summed E-state index contributed by atoms with van der Waals surface area (Å²) in [6.45, 7) is 5.00. The maximum atomic E-state index is 11.7. The lowest BCUT2D eigenvalue weighted by Crippen LogP contribution is -2.45. The Labute approximate surface area is 73.0 Å². The fraction of sp³-hybridized carbons (Fsp3) is 0.667. The maximum absolute atomic E-state index is 11.7. The minimum atomic E-state index is -0.688. The second-order valence-electron chi connectivity index (χ2n) is 3.40. The summed E-state index contributed by atoms with van der Waals surface area (Å²) in [7, 11) is 1.56. The van der Waals surface area contributed by atoms with E-state index in [1.54, 1.807) is 25.9 Å². The normalized spacial score (nSPS) is 17.1. The molecule has 68 valence electrons. The molecule has 1 heterocycles. The molecule has 0 aliphatic carbocycles. The van der Waals surface area contributed by atoms with E-state index < -0.39 is 5.60 Å². The Kier molecular flexibility index (Phi) is 2.52. The van der Waals surface area contributed by atoms with Crippen molar-refractivity contribution in [2.24, 2.45) is 0 Å². The Hall–Kier alpha value is -0.830. The molecule has 3 heteroatoms. The van der Waals surface area contributed by atoms with Crippen molar-refractivity contribution in [1.29, 1.82) is 0 Å². The van der Waals surface area contributed by atoms with Crippen LogP contribution in [-0.2, 0) is 9.53 Å². The first kappa shape index (κ1) is 9.26. The smallest absolute Gasteiger partial charge is 0.254 e. The summed E-state index contributed by atoms with van der Waals surface area (Å²) in [4.78, 5) is 13.4. The summed E-state index contributed by atoms with van der Waals surface area (Å²) < 4.78 is 5.09. The number of hydrogen-bond acceptors (Lipinski definition) is 2. The van der Waals surface area contributed by atoms with Gasteiger partial charge in [0, 0.05) is 20.2 Å². The molecule has 0 aromatic rings. The molecule has 12 heavy (non-hydrogen) atoms. The van der Waals surface area contributed by atoms with Gasteiger partial charge in [-0.2, -0.15) is 0 Å². The summed E-state index contributed by atoms with van der Waals surface area (Å²) in [5.41, 5.74) is -0.688. The van der Waals surface area contributed by atoms with Crippen molar-refractivity contribution in [3.8, 4) is 0 Å². The van der Waals surface area contributed by atoms with Crippen molar-refractivity contribution in [2.45, 2.75) is 19.4 Å². The van der Waals surface area contributed by atoms with Gasteiger partial charge in [0.1, 0.15) is 5.60 Å². The molecule has 0 spiro atoms. The number of methoxy groups -OCH3 is 1. The van der Waals surface area contributed by atoms with Gasteiger partial charge in [-0.1, -0.05) is 12.2 Å². The molecular formula is C9H15NO2. The Bertz CT molecular complexity index is 201. The monoisotopic (exact) mass is 169 g/mol. The zero-order chi connectivity index (χ0) is 9.19. The first-order valence-electron chi connectivity index (χ1n) is 4.07. The molecule has 1 aliphatic heterocycles. The topological polar surface area (TPSA) is 29.5 Å². The van der Waals surface area contributed by atoms with Gasteiger partial charge in [0.25, 0.3) is 5.91 Å². The highest BCUT2D eigenvalue weighted by Gasteiger charge is 2.31. The van der Waals surface area contributed by atoms with E-state index in [1.165, 1.54) is 0 Å². The number of carbonyl (C=O) groups excluding carboxylic acids is 1. The molecule has 0 atom stereocenters. The molecule has 0 saturated carbocycles. The van der Waals surface area contributed by atoms with Crippen molar-refractivity contribution in [1.82, 2.24) is 4.90 Å². The molecular weight excluding hydrogens is 154 g/mol. The van der Waals surface area contributed by atoms with E-state index in [-0.39, 0.29) is 5.91 Å². The van der Waals surface area contributed by atoms with E-state index in [0.717, 1.165) is 0 Å². The highest BCUT2D eigenvalue weighted by atomic mass is 16.5. The molecule has 0 aromatic heterocycles. The van der Waals surface area contributed by atoms with Gasteiger partial charge in [0.05, 0.1) is 0 Å². The van der Waals surface area contributed by atoms with Crippen LogP contribution in [0.25, 0.3) is 0 Å². The largest absolute Gasteiger partial charge is 0.369 e. The van der Waals surface area contributed by atoms with Crippen LogP contribution >= 0.6 is 0 Å². The fourth-order valence-electron chi connectivity index (χ4n) is 1.11. The first-order chi connectivity index (χ1) is 5.58. The minimum Gasteiger partial charge on any atom is -0.369 e. The lowest BCUT2D eigenvalue weighted by atomic mass is 10.1. The van der Waals surface area contributed by atoms with Gasteiger partial charge in [-0.3, -0.25) is 4.79 Å². The number of rotatable bonds is 2. The third-order valence-electron chi connectivity index (χ3n) is 2.13. The third-order valence-corrected chi connectivity index (χ3v) is 2.13. The van der Waals surface area contributed by atoms with Crippen LogP contribution in [0.15, 0.2) is 12.2 Å². The summed E-state index contributed by atoms with van der Waals surface area (Å²) in [5.74, 6) is 0.0509. The molecule has 1 aliphatic rings. The summed E-state index contributed by atoms with van der Waals surface area (Å²) in [6.07, 6.45) is 3.98. The van der Waals surface area contributed by atoms with E-state index in [2.05, 4.69) is 0 Å². The summed E-state index contributed by atoms with van der Waals surface area (Å²) in [6, 6.07) is 0. The average molecular weight is 169 g/mol. The maximum Gasteiger partial charge on any atom is 0.254 e. The van der Waals surface area contributed by atoms with E-state index in [4.69, 9.17) is 4.74 Å². The summed E-state index contributed by atoms with van der Waals surface area (Å²) >= 11 is 0.